The summed E-state index contributed by atoms with van der Waals surface area (Å²) >= 11 is 6.00. The SMILES string of the molecule is O=S1CCc2nc(N3CCN(c4ccc(Cl)cc4)CC3)nc(N[C@@H]3O[C@H](CO)[C@@H](O)[C@H]3O)c21. The van der Waals surface area contributed by atoms with Crippen molar-refractivity contribution in [1.82, 2.24) is 9.97 Å². The van der Waals surface area contributed by atoms with E-state index in [0.717, 1.165) is 18.8 Å². The minimum absolute atomic E-state index is 0.334. The van der Waals surface area contributed by atoms with E-state index < -0.39 is 41.9 Å². The van der Waals surface area contributed by atoms with Crippen molar-refractivity contribution >= 4 is 39.9 Å². The number of aryl methyl sites for hydroxylation is 1. The van der Waals surface area contributed by atoms with Crippen molar-refractivity contribution in [3.05, 3.63) is 35.0 Å². The van der Waals surface area contributed by atoms with E-state index in [1.54, 1.807) is 0 Å². The number of ether oxygens (including phenoxy) is 1. The molecule has 0 bridgehead atoms. The summed E-state index contributed by atoms with van der Waals surface area (Å²) in [7, 11) is -1.26. The Kier molecular flexibility index (Phi) is 6.43. The molecule has 1 aromatic heterocycles. The van der Waals surface area contributed by atoms with E-state index in [-0.39, 0.29) is 0 Å². The summed E-state index contributed by atoms with van der Waals surface area (Å²) in [4.78, 5) is 14.2. The van der Waals surface area contributed by atoms with Crippen molar-refractivity contribution in [3.63, 3.8) is 0 Å². The first-order valence-electron chi connectivity index (χ1n) is 10.9. The maximum absolute atomic E-state index is 12.6. The van der Waals surface area contributed by atoms with Crippen LogP contribution in [0.25, 0.3) is 0 Å². The molecule has 2 aromatic rings. The number of hydrogen-bond acceptors (Lipinski definition) is 10. The Morgan fingerprint density at radius 3 is 2.45 bits per heavy atom. The van der Waals surface area contributed by atoms with Gasteiger partial charge in [-0.1, -0.05) is 11.6 Å². The smallest absolute Gasteiger partial charge is 0.227 e. The van der Waals surface area contributed by atoms with E-state index in [1.807, 2.05) is 24.3 Å². The molecule has 178 valence electrons. The molecule has 5 atom stereocenters. The number of aliphatic hydroxyl groups is 3. The van der Waals surface area contributed by atoms with Crippen LogP contribution in [0, 0.1) is 0 Å². The molecule has 0 aliphatic carbocycles. The first-order chi connectivity index (χ1) is 15.9. The summed E-state index contributed by atoms with van der Waals surface area (Å²) < 4.78 is 18.1. The van der Waals surface area contributed by atoms with Gasteiger partial charge < -0.3 is 35.2 Å². The van der Waals surface area contributed by atoms with Crippen molar-refractivity contribution in [1.29, 1.82) is 0 Å². The molecule has 4 heterocycles. The molecule has 10 nitrogen and oxygen atoms in total. The molecule has 2 saturated heterocycles. The van der Waals surface area contributed by atoms with Gasteiger partial charge in [0, 0.05) is 49.1 Å². The molecule has 1 unspecified atom stereocenters. The van der Waals surface area contributed by atoms with Crippen molar-refractivity contribution in [2.45, 2.75) is 35.9 Å². The molecule has 5 rings (SSSR count). The third-order valence-electron chi connectivity index (χ3n) is 6.25. The average molecular weight is 496 g/mol. The summed E-state index contributed by atoms with van der Waals surface area (Å²) in [5.41, 5.74) is 1.82. The second-order valence-electron chi connectivity index (χ2n) is 8.30. The molecule has 0 saturated carbocycles. The highest BCUT2D eigenvalue weighted by molar-refractivity contribution is 7.85. The summed E-state index contributed by atoms with van der Waals surface area (Å²) in [5, 5.41) is 33.4. The first kappa shape index (κ1) is 22.8. The minimum atomic E-state index is -1.26. The Morgan fingerprint density at radius 2 is 1.79 bits per heavy atom. The Bertz CT molecular complexity index is 1040. The highest BCUT2D eigenvalue weighted by Gasteiger charge is 2.43. The van der Waals surface area contributed by atoms with Crippen LogP contribution in [0.3, 0.4) is 0 Å². The number of benzene rings is 1. The van der Waals surface area contributed by atoms with Crippen LogP contribution in [0.5, 0.6) is 0 Å². The Labute approximate surface area is 198 Å². The number of nitrogens with one attached hydrogen (secondary N) is 1. The van der Waals surface area contributed by atoms with Crippen LogP contribution in [-0.2, 0) is 22.0 Å². The molecule has 0 radical (unpaired) electrons. The number of rotatable bonds is 5. The maximum Gasteiger partial charge on any atom is 0.227 e. The van der Waals surface area contributed by atoms with E-state index in [1.165, 1.54) is 0 Å². The quantitative estimate of drug-likeness (QED) is 0.448. The number of halogens is 1. The molecule has 1 aromatic carbocycles. The van der Waals surface area contributed by atoms with Crippen molar-refractivity contribution in [2.24, 2.45) is 0 Å². The number of aromatic nitrogens is 2. The number of anilines is 3. The summed E-state index contributed by atoms with van der Waals surface area (Å²) in [6.45, 7) is 2.56. The molecule has 12 heteroatoms. The summed E-state index contributed by atoms with van der Waals surface area (Å²) in [6, 6.07) is 7.76. The van der Waals surface area contributed by atoms with Gasteiger partial charge in [-0.25, -0.2) is 4.98 Å². The van der Waals surface area contributed by atoms with Crippen LogP contribution in [0.2, 0.25) is 5.02 Å². The summed E-state index contributed by atoms with van der Waals surface area (Å²) in [6.07, 6.45) is -3.80. The van der Waals surface area contributed by atoms with Crippen LogP contribution in [0.15, 0.2) is 29.2 Å². The molecule has 0 spiro atoms. The lowest BCUT2D eigenvalue weighted by Crippen LogP contribution is -2.47. The highest BCUT2D eigenvalue weighted by atomic mass is 35.5. The standard InChI is InChI=1S/C21H26ClN5O5S/c22-12-1-3-13(4-2-12)26-6-8-27(9-7-26)21-23-14-5-10-33(31)18(14)19(25-21)24-20-17(30)16(29)15(11-28)32-20/h1-4,15-17,20,28-30H,5-11H2,(H,23,24,25)/t15-,16-,17-,20-,33?/m1/s1. The van der Waals surface area contributed by atoms with E-state index in [9.17, 15) is 19.5 Å². The zero-order valence-electron chi connectivity index (χ0n) is 17.8. The monoisotopic (exact) mass is 495 g/mol. The lowest BCUT2D eigenvalue weighted by molar-refractivity contribution is -0.0154. The van der Waals surface area contributed by atoms with Gasteiger partial charge in [0.1, 0.15) is 29.0 Å². The maximum atomic E-state index is 12.6. The van der Waals surface area contributed by atoms with Gasteiger partial charge in [0.05, 0.1) is 23.1 Å². The normalized spacial score (nSPS) is 29.4. The fourth-order valence-corrected chi connectivity index (χ4v) is 5.83. The second kappa shape index (κ2) is 9.32. The van der Waals surface area contributed by atoms with Gasteiger partial charge >= 0.3 is 0 Å². The molecule has 33 heavy (non-hydrogen) atoms. The van der Waals surface area contributed by atoms with E-state index in [0.29, 0.717) is 52.6 Å². The molecule has 2 fully saturated rings. The van der Waals surface area contributed by atoms with Gasteiger partial charge in [0.25, 0.3) is 0 Å². The van der Waals surface area contributed by atoms with Crippen molar-refractivity contribution in [2.75, 3.05) is 53.7 Å². The molecule has 4 N–H and O–H groups in total. The molecule has 3 aliphatic heterocycles. The van der Waals surface area contributed by atoms with Gasteiger partial charge in [-0.15, -0.1) is 0 Å². The second-order valence-corrected chi connectivity index (χ2v) is 10.2. The zero-order valence-corrected chi connectivity index (χ0v) is 19.4. The van der Waals surface area contributed by atoms with Crippen LogP contribution in [0.4, 0.5) is 17.5 Å². The third-order valence-corrected chi connectivity index (χ3v) is 7.96. The zero-order chi connectivity index (χ0) is 23.1. The van der Waals surface area contributed by atoms with Gasteiger partial charge in [0.2, 0.25) is 5.95 Å². The van der Waals surface area contributed by atoms with Crippen LogP contribution < -0.4 is 15.1 Å². The van der Waals surface area contributed by atoms with Crippen LogP contribution in [0.1, 0.15) is 5.69 Å². The van der Waals surface area contributed by atoms with Crippen molar-refractivity contribution < 1.29 is 24.3 Å². The van der Waals surface area contributed by atoms with Crippen molar-refractivity contribution in [3.8, 4) is 0 Å². The predicted octanol–water partition coefficient (Wildman–Crippen LogP) is -0.0288. The first-order valence-corrected chi connectivity index (χ1v) is 12.6. The van der Waals surface area contributed by atoms with E-state index in [2.05, 4.69) is 20.1 Å². The largest absolute Gasteiger partial charge is 0.394 e. The Morgan fingerprint density at radius 1 is 1.09 bits per heavy atom. The number of piperazine rings is 1. The van der Waals surface area contributed by atoms with Gasteiger partial charge in [-0.05, 0) is 24.3 Å². The number of fused-ring (bicyclic) bond motifs is 1. The van der Waals surface area contributed by atoms with Gasteiger partial charge in [-0.2, -0.15) is 4.98 Å². The van der Waals surface area contributed by atoms with Crippen LogP contribution in [-0.4, -0.2) is 92.6 Å². The van der Waals surface area contributed by atoms with E-state index in [4.69, 9.17) is 21.3 Å². The highest BCUT2D eigenvalue weighted by Crippen LogP contribution is 2.32. The molecular weight excluding hydrogens is 470 g/mol. The number of hydrogen-bond donors (Lipinski definition) is 4. The number of nitrogens with zero attached hydrogens (tertiary/aromatic N) is 4. The predicted molar refractivity (Wildman–Crippen MR) is 124 cm³/mol. The average Bonchev–Trinajstić information content (AvgIpc) is 3.34. The minimum Gasteiger partial charge on any atom is -0.394 e. The number of aliphatic hydroxyl groups excluding tert-OH is 3. The topological polar surface area (TPSA) is 131 Å². The van der Waals surface area contributed by atoms with Gasteiger partial charge in [0.15, 0.2) is 6.23 Å². The third kappa shape index (κ3) is 4.41. The summed E-state index contributed by atoms with van der Waals surface area (Å²) in [5.74, 6) is 1.32. The van der Waals surface area contributed by atoms with Crippen LogP contribution >= 0.6 is 11.6 Å². The van der Waals surface area contributed by atoms with Gasteiger partial charge in [-0.3, -0.25) is 4.21 Å². The lowest BCUT2D eigenvalue weighted by atomic mass is 10.1. The Balaban J connectivity index is 1.35. The molecule has 0 amide bonds. The Hall–Kier alpha value is -2.02. The van der Waals surface area contributed by atoms with E-state index >= 15 is 0 Å². The molecular formula is C21H26ClN5O5S. The molecule has 3 aliphatic rings. The lowest BCUT2D eigenvalue weighted by Gasteiger charge is -2.36. The fourth-order valence-electron chi connectivity index (χ4n) is 4.39. The fraction of sp³-hybridized carbons (Fsp3) is 0.524.